The molecule has 0 spiro atoms. The Kier molecular flexibility index (Phi) is 6.73. The van der Waals surface area contributed by atoms with Gasteiger partial charge in [-0.25, -0.2) is 14.4 Å². The summed E-state index contributed by atoms with van der Waals surface area (Å²) in [6.45, 7) is 4.75. The number of nitrogens with zero attached hydrogens (tertiary/aromatic N) is 4. The van der Waals surface area contributed by atoms with Crippen LogP contribution < -0.4 is 5.32 Å². The third kappa shape index (κ3) is 4.90. The molecule has 7 nitrogen and oxygen atoms in total. The van der Waals surface area contributed by atoms with Crippen molar-refractivity contribution in [2.24, 2.45) is 0 Å². The van der Waals surface area contributed by atoms with Gasteiger partial charge in [0.05, 0.1) is 17.9 Å². The van der Waals surface area contributed by atoms with E-state index in [1.807, 2.05) is 19.1 Å². The second-order valence-corrected chi connectivity index (χ2v) is 8.03. The van der Waals surface area contributed by atoms with E-state index < -0.39 is 5.82 Å². The molecule has 0 aliphatic carbocycles. The van der Waals surface area contributed by atoms with Crippen LogP contribution in [0.1, 0.15) is 43.9 Å². The number of benzene rings is 2. The maximum absolute atomic E-state index is 13.9. The lowest BCUT2D eigenvalue weighted by Crippen LogP contribution is -2.31. The lowest BCUT2D eigenvalue weighted by atomic mass is 9.97. The minimum absolute atomic E-state index is 0.00243. The highest BCUT2D eigenvalue weighted by molar-refractivity contribution is 5.78. The van der Waals surface area contributed by atoms with E-state index in [1.54, 1.807) is 25.4 Å². The van der Waals surface area contributed by atoms with Gasteiger partial charge in [0.15, 0.2) is 0 Å². The van der Waals surface area contributed by atoms with Crippen molar-refractivity contribution in [1.82, 2.24) is 14.9 Å². The molecule has 1 aromatic heterocycles. The topological polar surface area (TPSA) is 91.1 Å². The van der Waals surface area contributed by atoms with Crippen LogP contribution in [0.25, 0.3) is 0 Å². The molecule has 1 aliphatic rings. The molecule has 0 atom stereocenters. The van der Waals surface area contributed by atoms with E-state index >= 15 is 0 Å². The highest BCUT2D eigenvalue weighted by Crippen LogP contribution is 2.25. The summed E-state index contributed by atoms with van der Waals surface area (Å²) in [6.07, 6.45) is 3.44. The fourth-order valence-electron chi connectivity index (χ4n) is 4.07. The first kappa shape index (κ1) is 22.5. The molecule has 33 heavy (non-hydrogen) atoms. The number of nitrogens with one attached hydrogen (secondary N) is 1. The first-order chi connectivity index (χ1) is 16.0. The summed E-state index contributed by atoms with van der Waals surface area (Å²) in [5.74, 6) is -0.183. The quantitative estimate of drug-likeness (QED) is 0.549. The molecular formula is C25H24FN5O2. The molecular weight excluding hydrogens is 421 g/mol. The number of fused-ring (bicyclic) bond motifs is 1. The molecule has 0 amide bonds. The predicted molar refractivity (Wildman–Crippen MR) is 122 cm³/mol. The highest BCUT2D eigenvalue weighted by atomic mass is 19.1. The molecule has 4 rings (SSSR count). The summed E-state index contributed by atoms with van der Waals surface area (Å²) in [5.41, 5.74) is 6.35. The van der Waals surface area contributed by atoms with Crippen molar-refractivity contribution in [3.05, 3.63) is 81.4 Å². The zero-order chi connectivity index (χ0) is 23.4. The number of hydrogen-bond donors (Lipinski definition) is 1. The number of carbonyl (C=O) groups is 1. The van der Waals surface area contributed by atoms with Gasteiger partial charge in [-0.15, -0.1) is 0 Å². The summed E-state index contributed by atoms with van der Waals surface area (Å²) >= 11 is 0. The van der Waals surface area contributed by atoms with Crippen LogP contribution in [0.3, 0.4) is 0 Å². The van der Waals surface area contributed by atoms with Crippen LogP contribution >= 0.6 is 0 Å². The average Bonchev–Trinajstić information content (AvgIpc) is 2.82. The molecule has 1 aliphatic heterocycles. The Morgan fingerprint density at radius 3 is 2.91 bits per heavy atom. The molecule has 0 fully saturated rings. The van der Waals surface area contributed by atoms with Gasteiger partial charge in [0.1, 0.15) is 18.2 Å². The normalized spacial score (nSPS) is 13.3. The molecule has 3 aromatic rings. The van der Waals surface area contributed by atoms with Gasteiger partial charge in [-0.2, -0.15) is 5.26 Å². The molecule has 2 aromatic carbocycles. The van der Waals surface area contributed by atoms with E-state index in [4.69, 9.17) is 10.00 Å². The van der Waals surface area contributed by atoms with Crippen LogP contribution in [0.2, 0.25) is 0 Å². The highest BCUT2D eigenvalue weighted by Gasteiger charge is 2.20. The van der Waals surface area contributed by atoms with Crippen LogP contribution in [0, 0.1) is 24.1 Å². The maximum Gasteiger partial charge on any atom is 0.227 e. The molecule has 0 saturated heterocycles. The van der Waals surface area contributed by atoms with E-state index in [-0.39, 0.29) is 5.56 Å². The zero-order valence-electron chi connectivity index (χ0n) is 18.6. The summed E-state index contributed by atoms with van der Waals surface area (Å²) in [5, 5.41) is 11.9. The number of anilines is 2. The Morgan fingerprint density at radius 1 is 1.33 bits per heavy atom. The van der Waals surface area contributed by atoms with Crippen LogP contribution in [0.15, 0.2) is 36.5 Å². The number of rotatable bonds is 7. The van der Waals surface area contributed by atoms with Crippen LogP contribution in [0.4, 0.5) is 16.0 Å². The van der Waals surface area contributed by atoms with Crippen LogP contribution in [-0.2, 0) is 30.9 Å². The fourth-order valence-corrected chi connectivity index (χ4v) is 4.07. The van der Waals surface area contributed by atoms with Gasteiger partial charge in [-0.3, -0.25) is 9.69 Å². The average molecular weight is 445 g/mol. The third-order valence-electron chi connectivity index (χ3n) is 5.92. The largest absolute Gasteiger partial charge is 0.380 e. The predicted octanol–water partition coefficient (Wildman–Crippen LogP) is 4.06. The van der Waals surface area contributed by atoms with Crippen LogP contribution in [-0.4, -0.2) is 34.8 Å². The molecule has 2 heterocycles. The summed E-state index contributed by atoms with van der Waals surface area (Å²) < 4.78 is 19.1. The minimum Gasteiger partial charge on any atom is -0.380 e. The van der Waals surface area contributed by atoms with Gasteiger partial charge >= 0.3 is 0 Å². The minimum atomic E-state index is -0.582. The smallest absolute Gasteiger partial charge is 0.227 e. The first-order valence-corrected chi connectivity index (χ1v) is 10.6. The van der Waals surface area contributed by atoms with Gasteiger partial charge in [0, 0.05) is 56.2 Å². The van der Waals surface area contributed by atoms with Crippen molar-refractivity contribution >= 4 is 17.9 Å². The number of hydrogen-bond acceptors (Lipinski definition) is 7. The fraction of sp³-hybridized carbons (Fsp3) is 0.280. The molecule has 8 heteroatoms. The second-order valence-electron chi connectivity index (χ2n) is 8.03. The van der Waals surface area contributed by atoms with E-state index in [2.05, 4.69) is 20.2 Å². The molecule has 168 valence electrons. The Bertz CT molecular complexity index is 1240. The Labute approximate surface area is 191 Å². The van der Waals surface area contributed by atoms with Crippen molar-refractivity contribution in [3.8, 4) is 6.07 Å². The number of aromatic nitrogens is 2. The van der Waals surface area contributed by atoms with Crippen LogP contribution in [0.5, 0.6) is 0 Å². The molecule has 0 unspecified atom stereocenters. The Morgan fingerprint density at radius 2 is 2.18 bits per heavy atom. The van der Waals surface area contributed by atoms with Gasteiger partial charge in [0.2, 0.25) is 5.95 Å². The second kappa shape index (κ2) is 9.86. The van der Waals surface area contributed by atoms with E-state index in [0.717, 1.165) is 60.3 Å². The van der Waals surface area contributed by atoms with Gasteiger partial charge in [-0.1, -0.05) is 12.1 Å². The van der Waals surface area contributed by atoms with Crippen molar-refractivity contribution in [2.45, 2.75) is 33.0 Å². The molecule has 0 saturated carbocycles. The first-order valence-electron chi connectivity index (χ1n) is 10.6. The molecule has 0 radical (unpaired) electrons. The number of methoxy groups -OCH3 is 1. The van der Waals surface area contributed by atoms with E-state index in [1.165, 1.54) is 12.1 Å². The van der Waals surface area contributed by atoms with Crippen molar-refractivity contribution in [3.63, 3.8) is 0 Å². The summed E-state index contributed by atoms with van der Waals surface area (Å²) in [4.78, 5) is 22.7. The van der Waals surface area contributed by atoms with E-state index in [9.17, 15) is 9.18 Å². The number of carbonyl (C=O) groups excluding carboxylic acids is 1. The van der Waals surface area contributed by atoms with Crippen molar-refractivity contribution < 1.29 is 13.9 Å². The zero-order valence-corrected chi connectivity index (χ0v) is 18.6. The van der Waals surface area contributed by atoms with Crippen molar-refractivity contribution in [2.75, 3.05) is 19.0 Å². The van der Waals surface area contributed by atoms with Gasteiger partial charge in [0.25, 0.3) is 0 Å². The van der Waals surface area contributed by atoms with E-state index in [0.29, 0.717) is 23.8 Å². The number of aldehydes is 1. The number of nitriles is 1. The van der Waals surface area contributed by atoms with Gasteiger partial charge < -0.3 is 10.1 Å². The lowest BCUT2D eigenvalue weighted by Gasteiger charge is -2.29. The molecule has 0 bridgehead atoms. The monoisotopic (exact) mass is 445 g/mol. The lowest BCUT2D eigenvalue weighted by molar-refractivity contribution is 0.111. The standard InChI is InChI=1S/C25H24FN5O2/c1-16-18(3-4-19(14-32)22(16)15-33-2)12-31-8-7-24-20(13-31)11-28-25(30-24)29-21-6-5-17(10-27)23(26)9-21/h3-6,9,11,14H,7-8,12-13,15H2,1-2H3,(H,28,29,30). The number of halogens is 1. The SMILES string of the molecule is COCc1c(C=O)ccc(CN2CCc3nc(Nc4ccc(C#N)c(F)c4)ncc3C2)c1C. The maximum atomic E-state index is 13.9. The third-order valence-corrected chi connectivity index (χ3v) is 5.92. The van der Waals surface area contributed by atoms with Gasteiger partial charge in [-0.05, 0) is 41.8 Å². The Hall–Kier alpha value is -3.67. The summed E-state index contributed by atoms with van der Waals surface area (Å²) in [7, 11) is 1.63. The van der Waals surface area contributed by atoms with Crippen molar-refractivity contribution in [1.29, 1.82) is 5.26 Å². The number of ether oxygens (including phenoxy) is 1. The summed E-state index contributed by atoms with van der Waals surface area (Å²) in [6, 6.07) is 9.99. The molecule has 1 N–H and O–H groups in total. The Balaban J connectivity index is 1.47.